The summed E-state index contributed by atoms with van der Waals surface area (Å²) in [6.07, 6.45) is 2.60. The van der Waals surface area contributed by atoms with Gasteiger partial charge in [0.15, 0.2) is 5.16 Å². The van der Waals surface area contributed by atoms with Crippen molar-refractivity contribution in [2.45, 2.75) is 25.0 Å². The van der Waals surface area contributed by atoms with Gasteiger partial charge >= 0.3 is 0 Å². The van der Waals surface area contributed by atoms with Gasteiger partial charge in [0, 0.05) is 23.1 Å². The Morgan fingerprint density at radius 3 is 2.73 bits per heavy atom. The summed E-state index contributed by atoms with van der Waals surface area (Å²) < 4.78 is 1.54. The highest BCUT2D eigenvalue weighted by Gasteiger charge is 2.16. The summed E-state index contributed by atoms with van der Waals surface area (Å²) in [5.41, 5.74) is 3.73. The number of fused-ring (bicyclic) bond motifs is 3. The zero-order valence-corrected chi connectivity index (χ0v) is 17.5. The van der Waals surface area contributed by atoms with Crippen molar-refractivity contribution in [3.8, 4) is 0 Å². The molecule has 152 valence electrons. The lowest BCUT2D eigenvalue weighted by Crippen LogP contribution is -2.23. The summed E-state index contributed by atoms with van der Waals surface area (Å²) in [4.78, 5) is 33.4. The molecule has 0 bridgehead atoms. The van der Waals surface area contributed by atoms with Gasteiger partial charge in [-0.25, -0.2) is 4.98 Å². The highest BCUT2D eigenvalue weighted by molar-refractivity contribution is 7.99. The summed E-state index contributed by atoms with van der Waals surface area (Å²) in [7, 11) is 0. The van der Waals surface area contributed by atoms with E-state index in [0.29, 0.717) is 22.7 Å². The standard InChI is InChI=1S/C23H22N4O2S/c1-3-13-27-22(29)21-20(17-7-5-6-8-18(17)25-21)26-23(27)30-14-19(28)24-16-11-9-15(4-2)10-12-16/h3,5-12,25H,1,4,13-14H2,2H3,(H,24,28). The molecule has 0 spiro atoms. The third-order valence-electron chi connectivity index (χ3n) is 4.87. The summed E-state index contributed by atoms with van der Waals surface area (Å²) in [5, 5.41) is 4.27. The number of rotatable bonds is 7. The lowest BCUT2D eigenvalue weighted by molar-refractivity contribution is -0.113. The second kappa shape index (κ2) is 8.59. The lowest BCUT2D eigenvalue weighted by Gasteiger charge is -2.10. The van der Waals surface area contributed by atoms with E-state index in [1.165, 1.54) is 17.3 Å². The SMILES string of the molecule is C=CCn1c(SCC(=O)Nc2ccc(CC)cc2)nc2c([nH]c3ccccc32)c1=O. The van der Waals surface area contributed by atoms with Crippen molar-refractivity contribution in [3.05, 3.63) is 77.1 Å². The smallest absolute Gasteiger partial charge is 0.278 e. The number of benzene rings is 2. The number of para-hydroxylation sites is 1. The Morgan fingerprint density at radius 2 is 2.00 bits per heavy atom. The Morgan fingerprint density at radius 1 is 1.23 bits per heavy atom. The minimum atomic E-state index is -0.172. The van der Waals surface area contributed by atoms with Gasteiger partial charge in [0.25, 0.3) is 5.56 Å². The fourth-order valence-corrected chi connectivity index (χ4v) is 4.13. The van der Waals surface area contributed by atoms with Gasteiger partial charge in [-0.1, -0.05) is 55.1 Å². The Balaban J connectivity index is 1.61. The van der Waals surface area contributed by atoms with E-state index in [4.69, 9.17) is 4.98 Å². The number of aromatic nitrogens is 3. The van der Waals surface area contributed by atoms with E-state index >= 15 is 0 Å². The van der Waals surface area contributed by atoms with Crippen LogP contribution in [-0.2, 0) is 17.8 Å². The van der Waals surface area contributed by atoms with Crippen molar-refractivity contribution >= 4 is 45.3 Å². The van der Waals surface area contributed by atoms with E-state index in [1.54, 1.807) is 10.6 Å². The number of nitrogens with zero attached hydrogens (tertiary/aromatic N) is 2. The number of hydrogen-bond donors (Lipinski definition) is 2. The molecule has 2 heterocycles. The summed E-state index contributed by atoms with van der Waals surface area (Å²) >= 11 is 1.24. The first-order chi connectivity index (χ1) is 14.6. The maximum absolute atomic E-state index is 13.0. The van der Waals surface area contributed by atoms with E-state index in [9.17, 15) is 9.59 Å². The number of H-pyrrole nitrogens is 1. The van der Waals surface area contributed by atoms with Crippen LogP contribution in [0.3, 0.4) is 0 Å². The molecular formula is C23H22N4O2S. The van der Waals surface area contributed by atoms with E-state index in [0.717, 1.165) is 23.0 Å². The molecule has 0 radical (unpaired) electrons. The molecule has 1 amide bonds. The molecule has 2 aromatic carbocycles. The molecule has 2 aromatic heterocycles. The molecule has 30 heavy (non-hydrogen) atoms. The number of aromatic amines is 1. The minimum Gasteiger partial charge on any atom is -0.349 e. The Kier molecular flexibility index (Phi) is 5.72. The van der Waals surface area contributed by atoms with E-state index in [-0.39, 0.29) is 17.2 Å². The highest BCUT2D eigenvalue weighted by Crippen LogP contribution is 2.24. The maximum Gasteiger partial charge on any atom is 0.278 e. The van der Waals surface area contributed by atoms with Crippen molar-refractivity contribution in [1.29, 1.82) is 0 Å². The molecule has 0 saturated carbocycles. The average Bonchev–Trinajstić information content (AvgIpc) is 3.14. The van der Waals surface area contributed by atoms with Crippen LogP contribution < -0.4 is 10.9 Å². The van der Waals surface area contributed by atoms with Gasteiger partial charge in [-0.3, -0.25) is 14.2 Å². The number of thioether (sulfide) groups is 1. The van der Waals surface area contributed by atoms with Gasteiger partial charge < -0.3 is 10.3 Å². The number of carbonyl (C=O) groups is 1. The Bertz CT molecular complexity index is 1290. The first-order valence-corrected chi connectivity index (χ1v) is 10.7. The van der Waals surface area contributed by atoms with Gasteiger partial charge in [-0.15, -0.1) is 6.58 Å². The number of aryl methyl sites for hydroxylation is 1. The molecule has 0 saturated heterocycles. The number of nitrogens with one attached hydrogen (secondary N) is 2. The number of allylic oxidation sites excluding steroid dienone is 1. The first kappa shape index (κ1) is 20.0. The molecule has 0 unspecified atom stereocenters. The first-order valence-electron chi connectivity index (χ1n) is 9.74. The van der Waals surface area contributed by atoms with Crippen LogP contribution in [0, 0.1) is 0 Å². The lowest BCUT2D eigenvalue weighted by atomic mass is 10.1. The second-order valence-electron chi connectivity index (χ2n) is 6.88. The van der Waals surface area contributed by atoms with Gasteiger partial charge in [0.2, 0.25) is 5.91 Å². The Hall–Kier alpha value is -3.32. The fraction of sp³-hybridized carbons (Fsp3) is 0.174. The van der Waals surface area contributed by atoms with Crippen molar-refractivity contribution in [1.82, 2.24) is 14.5 Å². The number of hydrogen-bond acceptors (Lipinski definition) is 4. The molecule has 4 rings (SSSR count). The third-order valence-corrected chi connectivity index (χ3v) is 5.84. The molecule has 0 atom stereocenters. The molecule has 2 N–H and O–H groups in total. The highest BCUT2D eigenvalue weighted by atomic mass is 32.2. The van der Waals surface area contributed by atoms with Gasteiger partial charge in [-0.05, 0) is 30.2 Å². The maximum atomic E-state index is 13.0. The van der Waals surface area contributed by atoms with Gasteiger partial charge in [0.1, 0.15) is 11.0 Å². The summed E-state index contributed by atoms with van der Waals surface area (Å²) in [6.45, 7) is 6.15. The van der Waals surface area contributed by atoms with Crippen molar-refractivity contribution in [2.75, 3.05) is 11.1 Å². The van der Waals surface area contributed by atoms with Gasteiger partial charge in [0.05, 0.1) is 5.75 Å². The number of carbonyl (C=O) groups excluding carboxylic acids is 1. The van der Waals surface area contributed by atoms with Crippen LogP contribution in [0.1, 0.15) is 12.5 Å². The van der Waals surface area contributed by atoms with E-state index in [1.807, 2.05) is 48.5 Å². The molecular weight excluding hydrogens is 396 g/mol. The molecule has 0 aliphatic carbocycles. The van der Waals surface area contributed by atoms with E-state index in [2.05, 4.69) is 23.8 Å². The normalized spacial score (nSPS) is 11.1. The van der Waals surface area contributed by atoms with Crippen molar-refractivity contribution in [2.24, 2.45) is 0 Å². The predicted octanol–water partition coefficient (Wildman–Crippen LogP) is 4.36. The van der Waals surface area contributed by atoms with E-state index < -0.39 is 0 Å². The monoisotopic (exact) mass is 418 g/mol. The van der Waals surface area contributed by atoms with Gasteiger partial charge in [-0.2, -0.15) is 0 Å². The van der Waals surface area contributed by atoms with Crippen LogP contribution in [0.25, 0.3) is 21.9 Å². The van der Waals surface area contributed by atoms with Crippen LogP contribution in [0.5, 0.6) is 0 Å². The molecule has 7 heteroatoms. The summed E-state index contributed by atoms with van der Waals surface area (Å²) in [5.74, 6) is -0.00449. The zero-order valence-electron chi connectivity index (χ0n) is 16.6. The molecule has 0 fully saturated rings. The molecule has 4 aromatic rings. The fourth-order valence-electron chi connectivity index (χ4n) is 3.33. The molecule has 6 nitrogen and oxygen atoms in total. The minimum absolute atomic E-state index is 0.146. The van der Waals surface area contributed by atoms with Crippen molar-refractivity contribution in [3.63, 3.8) is 0 Å². The number of amides is 1. The van der Waals surface area contributed by atoms with Crippen molar-refractivity contribution < 1.29 is 4.79 Å². The van der Waals surface area contributed by atoms with Crippen LogP contribution in [0.15, 0.2) is 71.1 Å². The van der Waals surface area contributed by atoms with Crippen LogP contribution in [0.2, 0.25) is 0 Å². The average molecular weight is 419 g/mol. The number of anilines is 1. The Labute approximate surface area is 178 Å². The third kappa shape index (κ3) is 3.89. The summed E-state index contributed by atoms with van der Waals surface area (Å²) in [6, 6.07) is 15.5. The largest absolute Gasteiger partial charge is 0.349 e. The zero-order chi connectivity index (χ0) is 21.1. The van der Waals surface area contributed by atoms with Crippen LogP contribution >= 0.6 is 11.8 Å². The quantitative estimate of drug-likeness (QED) is 0.266. The van der Waals surface area contributed by atoms with Crippen LogP contribution in [0.4, 0.5) is 5.69 Å². The topological polar surface area (TPSA) is 79.8 Å². The molecule has 0 aliphatic rings. The molecule has 0 aliphatic heterocycles. The predicted molar refractivity (Wildman–Crippen MR) is 123 cm³/mol. The second-order valence-corrected chi connectivity index (χ2v) is 7.82. The van der Waals surface area contributed by atoms with Crippen LogP contribution in [-0.4, -0.2) is 26.2 Å².